The van der Waals surface area contributed by atoms with Crippen LogP contribution >= 0.6 is 11.6 Å². The maximum absolute atomic E-state index is 13.6. The Balaban J connectivity index is 1.87. The minimum absolute atomic E-state index is 0.211. The molecule has 3 heteroatoms. The van der Waals surface area contributed by atoms with Gasteiger partial charge in [0.25, 0.3) is 0 Å². The molecule has 0 aliphatic heterocycles. The zero-order valence-corrected chi connectivity index (χ0v) is 11.6. The zero-order valence-electron chi connectivity index (χ0n) is 10.9. The van der Waals surface area contributed by atoms with Gasteiger partial charge >= 0.3 is 0 Å². The molecule has 100 valence electrons. The minimum Gasteiger partial charge on any atom is -0.310 e. The van der Waals surface area contributed by atoms with Gasteiger partial charge in [0, 0.05) is 23.2 Å². The van der Waals surface area contributed by atoms with Gasteiger partial charge in [0.2, 0.25) is 0 Å². The van der Waals surface area contributed by atoms with E-state index in [1.807, 2.05) is 0 Å². The van der Waals surface area contributed by atoms with Crippen LogP contribution in [0.25, 0.3) is 0 Å². The summed E-state index contributed by atoms with van der Waals surface area (Å²) in [5.41, 5.74) is 0.705. The van der Waals surface area contributed by atoms with Gasteiger partial charge in [-0.2, -0.15) is 0 Å². The third-order valence-corrected chi connectivity index (χ3v) is 4.09. The van der Waals surface area contributed by atoms with Gasteiger partial charge < -0.3 is 5.32 Å². The van der Waals surface area contributed by atoms with Gasteiger partial charge in [-0.15, -0.1) is 0 Å². The molecule has 0 saturated heterocycles. The summed E-state index contributed by atoms with van der Waals surface area (Å²) in [7, 11) is 0. The standard InChI is InChI=1S/C15H21ClFN/c1-11-3-2-4-14(8-5-11)18-10-12-6-7-13(16)9-15(12)17/h6-7,9,11,14,18H,2-5,8,10H2,1H3. The van der Waals surface area contributed by atoms with Gasteiger partial charge in [0.1, 0.15) is 5.82 Å². The highest BCUT2D eigenvalue weighted by Gasteiger charge is 2.16. The summed E-state index contributed by atoms with van der Waals surface area (Å²) in [6.07, 6.45) is 6.30. The first-order chi connectivity index (χ1) is 8.65. The number of hydrogen-bond donors (Lipinski definition) is 1. The molecule has 1 aromatic rings. The van der Waals surface area contributed by atoms with Crippen molar-refractivity contribution in [1.82, 2.24) is 5.32 Å². The van der Waals surface area contributed by atoms with Crippen molar-refractivity contribution in [2.24, 2.45) is 5.92 Å². The van der Waals surface area contributed by atoms with Crippen LogP contribution < -0.4 is 5.32 Å². The monoisotopic (exact) mass is 269 g/mol. The van der Waals surface area contributed by atoms with E-state index in [0.29, 0.717) is 23.2 Å². The van der Waals surface area contributed by atoms with E-state index in [2.05, 4.69) is 12.2 Å². The lowest BCUT2D eigenvalue weighted by atomic mass is 10.0. The summed E-state index contributed by atoms with van der Waals surface area (Å²) < 4.78 is 13.6. The van der Waals surface area contributed by atoms with Gasteiger partial charge in [0.05, 0.1) is 0 Å². The molecule has 2 atom stereocenters. The predicted octanol–water partition coefficient (Wildman–Crippen LogP) is 4.54. The first-order valence-corrected chi connectivity index (χ1v) is 7.20. The lowest BCUT2D eigenvalue weighted by Crippen LogP contribution is -2.28. The summed E-state index contributed by atoms with van der Waals surface area (Å²) in [5, 5.41) is 3.93. The van der Waals surface area contributed by atoms with Crippen LogP contribution in [0.3, 0.4) is 0 Å². The molecule has 2 unspecified atom stereocenters. The Bertz CT molecular complexity index is 394. The molecule has 0 radical (unpaired) electrons. The highest BCUT2D eigenvalue weighted by Crippen LogP contribution is 2.23. The zero-order chi connectivity index (χ0) is 13.0. The Hall–Kier alpha value is -0.600. The van der Waals surface area contributed by atoms with E-state index in [1.54, 1.807) is 12.1 Å². The van der Waals surface area contributed by atoms with Crippen molar-refractivity contribution in [3.63, 3.8) is 0 Å². The van der Waals surface area contributed by atoms with E-state index < -0.39 is 0 Å². The van der Waals surface area contributed by atoms with E-state index in [0.717, 1.165) is 5.92 Å². The number of hydrogen-bond acceptors (Lipinski definition) is 1. The average molecular weight is 270 g/mol. The molecular formula is C15H21ClFN. The predicted molar refractivity (Wildman–Crippen MR) is 74.3 cm³/mol. The van der Waals surface area contributed by atoms with Gasteiger partial charge in [0.15, 0.2) is 0 Å². The van der Waals surface area contributed by atoms with Crippen LogP contribution in [0.2, 0.25) is 5.02 Å². The molecule has 18 heavy (non-hydrogen) atoms. The molecule has 1 aliphatic rings. The van der Waals surface area contributed by atoms with E-state index in [-0.39, 0.29) is 5.82 Å². The number of halogens is 2. The molecule has 0 spiro atoms. The lowest BCUT2D eigenvalue weighted by Gasteiger charge is -2.16. The van der Waals surface area contributed by atoms with E-state index in [4.69, 9.17) is 11.6 Å². The molecule has 0 aromatic heterocycles. The molecule has 1 fully saturated rings. The maximum Gasteiger partial charge on any atom is 0.129 e. The summed E-state index contributed by atoms with van der Waals surface area (Å²) in [4.78, 5) is 0. The Labute approximate surface area is 114 Å². The van der Waals surface area contributed by atoms with Gasteiger partial charge in [-0.1, -0.05) is 37.4 Å². The van der Waals surface area contributed by atoms with Crippen molar-refractivity contribution in [3.8, 4) is 0 Å². The second kappa shape index (κ2) is 6.53. The fourth-order valence-corrected chi connectivity index (χ4v) is 2.77. The first-order valence-electron chi connectivity index (χ1n) is 6.82. The molecule has 2 rings (SSSR count). The van der Waals surface area contributed by atoms with Crippen LogP contribution in [0.4, 0.5) is 4.39 Å². The molecule has 0 bridgehead atoms. The molecule has 1 saturated carbocycles. The van der Waals surface area contributed by atoms with E-state index in [1.165, 1.54) is 38.2 Å². The Morgan fingerprint density at radius 2 is 2.11 bits per heavy atom. The fraction of sp³-hybridized carbons (Fsp3) is 0.600. The molecule has 0 heterocycles. The topological polar surface area (TPSA) is 12.0 Å². The number of rotatable bonds is 3. The van der Waals surface area contributed by atoms with Crippen molar-refractivity contribution in [2.45, 2.75) is 51.6 Å². The fourth-order valence-electron chi connectivity index (χ4n) is 2.61. The summed E-state index contributed by atoms with van der Waals surface area (Å²) in [6.45, 7) is 2.92. The molecule has 1 aromatic carbocycles. The molecule has 1 nitrogen and oxygen atoms in total. The van der Waals surface area contributed by atoms with Crippen LogP contribution in [-0.4, -0.2) is 6.04 Å². The third kappa shape index (κ3) is 3.96. The van der Waals surface area contributed by atoms with Gasteiger partial charge in [-0.3, -0.25) is 0 Å². The second-order valence-electron chi connectivity index (χ2n) is 5.43. The minimum atomic E-state index is -0.211. The molecule has 1 N–H and O–H groups in total. The summed E-state index contributed by atoms with van der Waals surface area (Å²) in [6, 6.07) is 5.43. The van der Waals surface area contributed by atoms with E-state index >= 15 is 0 Å². The van der Waals surface area contributed by atoms with Crippen molar-refractivity contribution >= 4 is 11.6 Å². The average Bonchev–Trinajstić information content (AvgIpc) is 2.53. The molecular weight excluding hydrogens is 249 g/mol. The van der Waals surface area contributed by atoms with E-state index in [9.17, 15) is 4.39 Å². The summed E-state index contributed by atoms with van der Waals surface area (Å²) >= 11 is 5.74. The SMILES string of the molecule is CC1CCCC(NCc2ccc(Cl)cc2F)CC1. The Kier molecular flexibility index (Phi) is 5.02. The maximum atomic E-state index is 13.6. The van der Waals surface area contributed by atoms with Gasteiger partial charge in [-0.05, 0) is 37.3 Å². The Morgan fingerprint density at radius 1 is 1.28 bits per heavy atom. The first kappa shape index (κ1) is 13.8. The van der Waals surface area contributed by atoms with Crippen molar-refractivity contribution < 1.29 is 4.39 Å². The van der Waals surface area contributed by atoms with Crippen LogP contribution in [0.1, 0.15) is 44.6 Å². The van der Waals surface area contributed by atoms with Crippen LogP contribution in [0.5, 0.6) is 0 Å². The van der Waals surface area contributed by atoms with Crippen LogP contribution in [-0.2, 0) is 6.54 Å². The Morgan fingerprint density at radius 3 is 2.89 bits per heavy atom. The smallest absolute Gasteiger partial charge is 0.129 e. The largest absolute Gasteiger partial charge is 0.310 e. The van der Waals surface area contributed by atoms with Crippen molar-refractivity contribution in [3.05, 3.63) is 34.6 Å². The highest BCUT2D eigenvalue weighted by molar-refractivity contribution is 6.30. The normalized spacial score (nSPS) is 24.8. The molecule has 1 aliphatic carbocycles. The van der Waals surface area contributed by atoms with Crippen molar-refractivity contribution in [1.29, 1.82) is 0 Å². The quantitative estimate of drug-likeness (QED) is 0.795. The molecule has 0 amide bonds. The van der Waals surface area contributed by atoms with Gasteiger partial charge in [-0.25, -0.2) is 4.39 Å². The number of benzene rings is 1. The summed E-state index contributed by atoms with van der Waals surface area (Å²) in [5.74, 6) is 0.626. The van der Waals surface area contributed by atoms with Crippen LogP contribution in [0, 0.1) is 11.7 Å². The highest BCUT2D eigenvalue weighted by atomic mass is 35.5. The second-order valence-corrected chi connectivity index (χ2v) is 5.86. The lowest BCUT2D eigenvalue weighted by molar-refractivity contribution is 0.442. The van der Waals surface area contributed by atoms with Crippen molar-refractivity contribution in [2.75, 3.05) is 0 Å². The van der Waals surface area contributed by atoms with Crippen LogP contribution in [0.15, 0.2) is 18.2 Å². The number of nitrogens with one attached hydrogen (secondary N) is 1. The third-order valence-electron chi connectivity index (χ3n) is 3.85.